The molecule has 4 aromatic rings. The van der Waals surface area contributed by atoms with Crippen molar-refractivity contribution in [1.82, 2.24) is 35.5 Å². The monoisotopic (exact) mass is 393 g/mol. The lowest BCUT2D eigenvalue weighted by molar-refractivity contribution is 0.0952. The molecule has 0 aliphatic heterocycles. The third-order valence-electron chi connectivity index (χ3n) is 5.00. The van der Waals surface area contributed by atoms with E-state index in [-0.39, 0.29) is 5.91 Å². The van der Waals surface area contributed by atoms with Gasteiger partial charge in [-0.25, -0.2) is 4.98 Å². The summed E-state index contributed by atoms with van der Waals surface area (Å²) in [6.45, 7) is 0.593. The molecule has 1 aliphatic carbocycles. The van der Waals surface area contributed by atoms with E-state index in [1.807, 2.05) is 24.3 Å². The maximum absolute atomic E-state index is 12.9. The first-order valence-corrected chi connectivity index (χ1v) is 10.2. The molecule has 0 bridgehead atoms. The average molecular weight is 393 g/mol. The first-order chi connectivity index (χ1) is 13.8. The number of tetrazole rings is 1. The van der Waals surface area contributed by atoms with Crippen molar-refractivity contribution >= 4 is 28.3 Å². The van der Waals surface area contributed by atoms with Crippen LogP contribution in [0.5, 0.6) is 0 Å². The van der Waals surface area contributed by atoms with Crippen molar-refractivity contribution < 1.29 is 4.79 Å². The average Bonchev–Trinajstić information content (AvgIpc) is 3.47. The van der Waals surface area contributed by atoms with Gasteiger partial charge in [0.05, 0.1) is 16.6 Å². The van der Waals surface area contributed by atoms with Gasteiger partial charge in [-0.3, -0.25) is 4.79 Å². The predicted octanol–water partition coefficient (Wildman–Crippen LogP) is 2.45. The van der Waals surface area contributed by atoms with Crippen LogP contribution in [0.25, 0.3) is 16.0 Å². The molecule has 1 aliphatic rings. The van der Waals surface area contributed by atoms with Crippen molar-refractivity contribution in [2.75, 3.05) is 6.54 Å². The van der Waals surface area contributed by atoms with Crippen LogP contribution >= 0.6 is 11.3 Å². The number of nitrogens with zero attached hydrogens (tertiary/aromatic N) is 5. The fourth-order valence-electron chi connectivity index (χ4n) is 3.71. The van der Waals surface area contributed by atoms with Crippen LogP contribution in [0.3, 0.4) is 0 Å². The van der Waals surface area contributed by atoms with Crippen LogP contribution in [-0.2, 0) is 19.3 Å². The van der Waals surface area contributed by atoms with Gasteiger partial charge in [-0.2, -0.15) is 4.68 Å². The van der Waals surface area contributed by atoms with Gasteiger partial charge in [0.1, 0.15) is 17.2 Å². The van der Waals surface area contributed by atoms with Crippen molar-refractivity contribution in [1.29, 1.82) is 0 Å². The maximum Gasteiger partial charge on any atom is 0.254 e. The molecule has 1 amide bonds. The topological polar surface area (TPSA) is 101 Å². The molecule has 0 atom stereocenters. The van der Waals surface area contributed by atoms with E-state index in [1.165, 1.54) is 4.88 Å². The van der Waals surface area contributed by atoms with Crippen LogP contribution in [0.4, 0.5) is 0 Å². The number of para-hydroxylation sites is 2. The number of carbonyl (C=O) groups excluding carboxylic acids is 1. The van der Waals surface area contributed by atoms with Crippen molar-refractivity contribution in [3.8, 4) is 5.00 Å². The molecule has 0 saturated heterocycles. The van der Waals surface area contributed by atoms with Crippen LogP contribution in [0.15, 0.2) is 30.6 Å². The van der Waals surface area contributed by atoms with E-state index in [4.69, 9.17) is 0 Å². The molecular formula is C19H19N7OS. The number of imidazole rings is 1. The van der Waals surface area contributed by atoms with Crippen molar-refractivity contribution in [2.24, 2.45) is 0 Å². The van der Waals surface area contributed by atoms with E-state index in [1.54, 1.807) is 22.3 Å². The fourth-order valence-corrected chi connectivity index (χ4v) is 5.01. The first-order valence-electron chi connectivity index (χ1n) is 9.39. The van der Waals surface area contributed by atoms with Crippen LogP contribution in [0.1, 0.15) is 39.5 Å². The number of H-pyrrole nitrogens is 1. The van der Waals surface area contributed by atoms with Gasteiger partial charge in [-0.1, -0.05) is 12.1 Å². The van der Waals surface area contributed by atoms with Crippen LogP contribution < -0.4 is 5.32 Å². The lowest BCUT2D eigenvalue weighted by atomic mass is 10.1. The molecule has 2 N–H and O–H groups in total. The summed E-state index contributed by atoms with van der Waals surface area (Å²) in [5.74, 6) is 0.899. The van der Waals surface area contributed by atoms with Gasteiger partial charge in [0, 0.05) is 17.8 Å². The standard InChI is InChI=1S/C19H19N7OS/c27-18(20-10-4-9-16-22-13-6-1-2-7-14(13)23-16)17-12-5-3-8-15(12)28-19(17)26-11-21-24-25-26/h1-2,6-7,11H,3-5,8-10H2,(H,20,27)(H,22,23). The summed E-state index contributed by atoms with van der Waals surface area (Å²) < 4.78 is 1.59. The highest BCUT2D eigenvalue weighted by Gasteiger charge is 2.27. The zero-order chi connectivity index (χ0) is 18.9. The normalized spacial score (nSPS) is 13.1. The number of hydrogen-bond donors (Lipinski definition) is 2. The Morgan fingerprint density at radius 1 is 1.29 bits per heavy atom. The lowest BCUT2D eigenvalue weighted by Crippen LogP contribution is -2.26. The molecule has 3 heterocycles. The number of aromatic nitrogens is 6. The number of benzene rings is 1. The van der Waals surface area contributed by atoms with Crippen LogP contribution in [0, 0.1) is 0 Å². The summed E-state index contributed by atoms with van der Waals surface area (Å²) in [6.07, 6.45) is 6.21. The molecule has 9 heteroatoms. The Labute approximate surface area is 165 Å². The molecular weight excluding hydrogens is 374 g/mol. The van der Waals surface area contributed by atoms with Crippen LogP contribution in [-0.4, -0.2) is 42.6 Å². The maximum atomic E-state index is 12.9. The van der Waals surface area contributed by atoms with Gasteiger partial charge in [0.15, 0.2) is 0 Å². The Hall–Kier alpha value is -3.07. The van der Waals surface area contributed by atoms with Crippen molar-refractivity contribution in [3.05, 3.63) is 52.4 Å². The van der Waals surface area contributed by atoms with Crippen molar-refractivity contribution in [3.63, 3.8) is 0 Å². The highest BCUT2D eigenvalue weighted by molar-refractivity contribution is 7.15. The number of amides is 1. The first kappa shape index (κ1) is 17.1. The fraction of sp³-hybridized carbons (Fsp3) is 0.316. The number of fused-ring (bicyclic) bond motifs is 2. The minimum atomic E-state index is -0.0468. The lowest BCUT2D eigenvalue weighted by Gasteiger charge is -2.07. The second-order valence-electron chi connectivity index (χ2n) is 6.85. The summed E-state index contributed by atoms with van der Waals surface area (Å²) in [7, 11) is 0. The summed E-state index contributed by atoms with van der Waals surface area (Å²) in [4.78, 5) is 22.1. The molecule has 0 fully saturated rings. The second-order valence-corrected chi connectivity index (χ2v) is 7.94. The minimum Gasteiger partial charge on any atom is -0.352 e. The van der Waals surface area contributed by atoms with E-state index in [2.05, 4.69) is 30.8 Å². The predicted molar refractivity (Wildman–Crippen MR) is 106 cm³/mol. The summed E-state index contributed by atoms with van der Waals surface area (Å²) >= 11 is 1.62. The van der Waals surface area contributed by atoms with Gasteiger partial charge in [0.2, 0.25) is 0 Å². The SMILES string of the molecule is O=C(NCCCc1nc2ccccc2[nH]1)c1c(-n2cnnn2)sc2c1CCC2. The number of thiophene rings is 1. The Morgan fingerprint density at radius 3 is 3.07 bits per heavy atom. The zero-order valence-corrected chi connectivity index (χ0v) is 16.0. The highest BCUT2D eigenvalue weighted by atomic mass is 32.1. The Balaban J connectivity index is 1.26. The summed E-state index contributed by atoms with van der Waals surface area (Å²) in [6, 6.07) is 7.99. The van der Waals surface area contributed by atoms with Gasteiger partial charge in [0.25, 0.3) is 5.91 Å². The number of aromatic amines is 1. The Morgan fingerprint density at radius 2 is 2.21 bits per heavy atom. The Kier molecular flexibility index (Phi) is 4.36. The van der Waals surface area contributed by atoms with E-state index in [9.17, 15) is 4.79 Å². The van der Waals surface area contributed by atoms with E-state index in [0.29, 0.717) is 6.54 Å². The molecule has 142 valence electrons. The summed E-state index contributed by atoms with van der Waals surface area (Å²) in [5.41, 5.74) is 3.90. The Bertz CT molecular complexity index is 1100. The molecule has 8 nitrogen and oxygen atoms in total. The van der Waals surface area contributed by atoms with E-state index >= 15 is 0 Å². The van der Waals surface area contributed by atoms with E-state index in [0.717, 1.165) is 65.1 Å². The van der Waals surface area contributed by atoms with Gasteiger partial charge in [-0.15, -0.1) is 16.4 Å². The van der Waals surface area contributed by atoms with E-state index < -0.39 is 0 Å². The molecule has 1 aromatic carbocycles. The smallest absolute Gasteiger partial charge is 0.254 e. The molecule has 28 heavy (non-hydrogen) atoms. The quantitative estimate of drug-likeness (QED) is 0.490. The molecule has 0 radical (unpaired) electrons. The molecule has 3 aromatic heterocycles. The number of hydrogen-bond acceptors (Lipinski definition) is 6. The van der Waals surface area contributed by atoms with Crippen LogP contribution in [0.2, 0.25) is 0 Å². The molecule has 0 saturated carbocycles. The molecule has 5 rings (SSSR count). The van der Waals surface area contributed by atoms with Crippen molar-refractivity contribution in [2.45, 2.75) is 32.1 Å². The number of aryl methyl sites for hydroxylation is 2. The minimum absolute atomic E-state index is 0.0468. The number of nitrogens with one attached hydrogen (secondary N) is 2. The van der Waals surface area contributed by atoms with Gasteiger partial charge in [-0.05, 0) is 53.8 Å². The molecule has 0 unspecified atom stereocenters. The highest BCUT2D eigenvalue weighted by Crippen LogP contribution is 2.37. The zero-order valence-electron chi connectivity index (χ0n) is 15.2. The molecule has 0 spiro atoms. The second kappa shape index (κ2) is 7.16. The van der Waals surface area contributed by atoms with Gasteiger partial charge < -0.3 is 10.3 Å². The largest absolute Gasteiger partial charge is 0.352 e. The van der Waals surface area contributed by atoms with Gasteiger partial charge >= 0.3 is 0 Å². The third kappa shape index (κ3) is 3.07. The third-order valence-corrected chi connectivity index (χ3v) is 6.28. The number of rotatable bonds is 6. The number of carbonyl (C=O) groups is 1. The summed E-state index contributed by atoms with van der Waals surface area (Å²) in [5, 5.41) is 15.3.